The fourth-order valence-corrected chi connectivity index (χ4v) is 3.79. The van der Waals surface area contributed by atoms with E-state index in [-0.39, 0.29) is 5.82 Å². The predicted octanol–water partition coefficient (Wildman–Crippen LogP) is 3.97. The molecule has 0 N–H and O–H groups in total. The summed E-state index contributed by atoms with van der Waals surface area (Å²) in [6, 6.07) is 17.2. The third-order valence-electron chi connectivity index (χ3n) is 5.32. The minimum Gasteiger partial charge on any atom is -0.419 e. The van der Waals surface area contributed by atoms with Crippen LogP contribution in [0.25, 0.3) is 11.5 Å². The van der Waals surface area contributed by atoms with E-state index in [9.17, 15) is 4.39 Å². The van der Waals surface area contributed by atoms with Gasteiger partial charge < -0.3 is 4.42 Å². The minimum absolute atomic E-state index is 0.276. The highest BCUT2D eigenvalue weighted by molar-refractivity contribution is 5.51. The first kappa shape index (κ1) is 18.8. The Morgan fingerprint density at radius 1 is 1.11 bits per heavy atom. The van der Waals surface area contributed by atoms with Crippen molar-refractivity contribution in [3.63, 3.8) is 0 Å². The molecular formula is C22H25FN4O. The Kier molecular flexibility index (Phi) is 5.78. The van der Waals surface area contributed by atoms with Gasteiger partial charge in [0, 0.05) is 31.2 Å². The number of hydrogen-bond acceptors (Lipinski definition) is 5. The quantitative estimate of drug-likeness (QED) is 0.621. The molecule has 0 saturated carbocycles. The van der Waals surface area contributed by atoms with Crippen LogP contribution < -0.4 is 0 Å². The molecule has 1 unspecified atom stereocenters. The van der Waals surface area contributed by atoms with Crippen molar-refractivity contribution in [3.05, 3.63) is 71.9 Å². The average Bonchev–Trinajstić information content (AvgIpc) is 3.37. The van der Waals surface area contributed by atoms with Gasteiger partial charge in [-0.3, -0.25) is 9.80 Å². The fraction of sp³-hybridized carbons (Fsp3) is 0.364. The second-order valence-corrected chi connectivity index (χ2v) is 7.23. The van der Waals surface area contributed by atoms with Gasteiger partial charge >= 0.3 is 0 Å². The van der Waals surface area contributed by atoms with Gasteiger partial charge in [0.1, 0.15) is 5.82 Å². The lowest BCUT2D eigenvalue weighted by molar-refractivity contribution is 0.176. The van der Waals surface area contributed by atoms with Crippen LogP contribution in [0.2, 0.25) is 0 Å². The summed E-state index contributed by atoms with van der Waals surface area (Å²) >= 11 is 0. The molecule has 1 fully saturated rings. The van der Waals surface area contributed by atoms with Crippen molar-refractivity contribution < 1.29 is 8.81 Å². The standard InChI is InChI=1S/C22H25FN4O/c1-2-27(20-12-13-26(15-20)14-17-6-4-3-5-7-17)16-21-24-25-22(28-21)18-8-10-19(23)11-9-18/h3-11,20H,2,12-16H2,1H3. The largest absolute Gasteiger partial charge is 0.419 e. The molecule has 1 aliphatic rings. The van der Waals surface area contributed by atoms with E-state index >= 15 is 0 Å². The summed E-state index contributed by atoms with van der Waals surface area (Å²) in [4.78, 5) is 4.90. The van der Waals surface area contributed by atoms with Crippen molar-refractivity contribution >= 4 is 0 Å². The highest BCUT2D eigenvalue weighted by atomic mass is 19.1. The Bertz CT molecular complexity index is 881. The van der Waals surface area contributed by atoms with E-state index in [1.165, 1.54) is 17.7 Å². The van der Waals surface area contributed by atoms with Gasteiger partial charge in [-0.05, 0) is 42.8 Å². The smallest absolute Gasteiger partial charge is 0.247 e. The lowest BCUT2D eigenvalue weighted by atomic mass is 10.2. The van der Waals surface area contributed by atoms with Crippen LogP contribution in [0.3, 0.4) is 0 Å². The molecule has 2 aromatic carbocycles. The molecule has 0 bridgehead atoms. The molecule has 28 heavy (non-hydrogen) atoms. The van der Waals surface area contributed by atoms with E-state index in [0.29, 0.717) is 24.4 Å². The number of nitrogens with zero attached hydrogens (tertiary/aromatic N) is 4. The van der Waals surface area contributed by atoms with E-state index in [1.54, 1.807) is 12.1 Å². The van der Waals surface area contributed by atoms with Crippen molar-refractivity contribution in [2.45, 2.75) is 32.5 Å². The molecule has 1 aliphatic heterocycles. The van der Waals surface area contributed by atoms with Crippen LogP contribution in [0, 0.1) is 5.82 Å². The van der Waals surface area contributed by atoms with Gasteiger partial charge in [-0.1, -0.05) is 37.3 Å². The molecule has 2 heterocycles. The number of halogens is 1. The molecule has 3 aromatic rings. The number of benzene rings is 2. The highest BCUT2D eigenvalue weighted by Gasteiger charge is 2.28. The van der Waals surface area contributed by atoms with Crippen LogP contribution >= 0.6 is 0 Å². The highest BCUT2D eigenvalue weighted by Crippen LogP contribution is 2.22. The average molecular weight is 380 g/mol. The zero-order valence-electron chi connectivity index (χ0n) is 16.1. The maximum absolute atomic E-state index is 13.1. The monoisotopic (exact) mass is 380 g/mol. The molecular weight excluding hydrogens is 355 g/mol. The maximum atomic E-state index is 13.1. The number of rotatable bonds is 7. The fourth-order valence-electron chi connectivity index (χ4n) is 3.79. The third-order valence-corrected chi connectivity index (χ3v) is 5.32. The van der Waals surface area contributed by atoms with Gasteiger partial charge in [0.05, 0.1) is 6.54 Å². The first-order chi connectivity index (χ1) is 13.7. The number of likely N-dealkylation sites (N-methyl/N-ethyl adjacent to an activating group) is 1. The Balaban J connectivity index is 1.36. The van der Waals surface area contributed by atoms with Gasteiger partial charge in [0.2, 0.25) is 11.8 Å². The molecule has 0 amide bonds. The molecule has 1 aromatic heterocycles. The first-order valence-corrected chi connectivity index (χ1v) is 9.80. The third kappa shape index (κ3) is 4.46. The summed E-state index contributed by atoms with van der Waals surface area (Å²) in [5, 5.41) is 8.32. The van der Waals surface area contributed by atoms with Gasteiger partial charge in [0.25, 0.3) is 0 Å². The normalized spacial score (nSPS) is 17.5. The van der Waals surface area contributed by atoms with E-state index in [1.807, 2.05) is 0 Å². The van der Waals surface area contributed by atoms with E-state index in [0.717, 1.165) is 38.2 Å². The van der Waals surface area contributed by atoms with Crippen LogP contribution in [0.4, 0.5) is 4.39 Å². The Hall–Kier alpha value is -2.57. The second-order valence-electron chi connectivity index (χ2n) is 7.23. The van der Waals surface area contributed by atoms with Crippen molar-refractivity contribution in [3.8, 4) is 11.5 Å². The number of hydrogen-bond donors (Lipinski definition) is 0. The summed E-state index contributed by atoms with van der Waals surface area (Å²) in [5.41, 5.74) is 2.09. The van der Waals surface area contributed by atoms with Crippen molar-refractivity contribution in [1.82, 2.24) is 20.0 Å². The second kappa shape index (κ2) is 8.63. The zero-order valence-corrected chi connectivity index (χ0v) is 16.1. The summed E-state index contributed by atoms with van der Waals surface area (Å²) in [7, 11) is 0. The molecule has 146 valence electrons. The lowest BCUT2D eigenvalue weighted by Crippen LogP contribution is -2.37. The predicted molar refractivity (Wildman–Crippen MR) is 106 cm³/mol. The van der Waals surface area contributed by atoms with Gasteiger partial charge in [0.15, 0.2) is 0 Å². The summed E-state index contributed by atoms with van der Waals surface area (Å²) in [6.45, 7) is 6.86. The molecule has 4 rings (SSSR count). The van der Waals surface area contributed by atoms with Gasteiger partial charge in [-0.15, -0.1) is 10.2 Å². The van der Waals surface area contributed by atoms with Crippen LogP contribution in [0.5, 0.6) is 0 Å². The Labute approximate surface area is 164 Å². The molecule has 1 atom stereocenters. The van der Waals surface area contributed by atoms with Crippen LogP contribution in [-0.4, -0.2) is 45.7 Å². The summed E-state index contributed by atoms with van der Waals surface area (Å²) in [5.74, 6) is 0.757. The van der Waals surface area contributed by atoms with Crippen molar-refractivity contribution in [2.75, 3.05) is 19.6 Å². The van der Waals surface area contributed by atoms with Crippen molar-refractivity contribution in [1.29, 1.82) is 0 Å². The van der Waals surface area contributed by atoms with Crippen LogP contribution in [-0.2, 0) is 13.1 Å². The molecule has 0 radical (unpaired) electrons. The van der Waals surface area contributed by atoms with Crippen LogP contribution in [0.15, 0.2) is 59.0 Å². The van der Waals surface area contributed by atoms with E-state index in [4.69, 9.17) is 4.42 Å². The molecule has 1 saturated heterocycles. The van der Waals surface area contributed by atoms with E-state index in [2.05, 4.69) is 57.3 Å². The SMILES string of the molecule is CCN(Cc1nnc(-c2ccc(F)cc2)o1)C1CCN(Cc2ccccc2)C1. The minimum atomic E-state index is -0.276. The van der Waals surface area contributed by atoms with Crippen LogP contribution in [0.1, 0.15) is 24.8 Å². The Morgan fingerprint density at radius 3 is 2.64 bits per heavy atom. The molecule has 6 heteroatoms. The maximum Gasteiger partial charge on any atom is 0.247 e. The summed E-state index contributed by atoms with van der Waals surface area (Å²) in [6.07, 6.45) is 1.14. The van der Waals surface area contributed by atoms with Gasteiger partial charge in [-0.2, -0.15) is 0 Å². The Morgan fingerprint density at radius 2 is 1.89 bits per heavy atom. The lowest BCUT2D eigenvalue weighted by Gasteiger charge is -2.26. The number of aromatic nitrogens is 2. The molecule has 5 nitrogen and oxygen atoms in total. The molecule has 0 spiro atoms. The first-order valence-electron chi connectivity index (χ1n) is 9.80. The topological polar surface area (TPSA) is 45.4 Å². The molecule has 0 aliphatic carbocycles. The van der Waals surface area contributed by atoms with Crippen molar-refractivity contribution in [2.24, 2.45) is 0 Å². The summed E-state index contributed by atoms with van der Waals surface area (Å²) < 4.78 is 18.9. The van der Waals surface area contributed by atoms with Gasteiger partial charge in [-0.25, -0.2) is 4.39 Å². The zero-order chi connectivity index (χ0) is 19.3. The van der Waals surface area contributed by atoms with E-state index < -0.39 is 0 Å². The number of likely N-dealkylation sites (tertiary alicyclic amines) is 1.